The molecule has 0 radical (unpaired) electrons. The van der Waals surface area contributed by atoms with Crippen molar-refractivity contribution in [3.8, 4) is 11.5 Å². The maximum Gasteiger partial charge on any atom is 0.387 e. The summed E-state index contributed by atoms with van der Waals surface area (Å²) in [7, 11) is 1.56. The average Bonchev–Trinajstić information content (AvgIpc) is 2.68. The van der Waals surface area contributed by atoms with Crippen molar-refractivity contribution >= 4 is 11.9 Å². The second kappa shape index (κ2) is 11.0. The first-order valence-electron chi connectivity index (χ1n) is 8.97. The molecule has 6 nitrogen and oxygen atoms in total. The Bertz CT molecular complexity index is 811. The highest BCUT2D eigenvalue weighted by atomic mass is 19.3. The monoisotopic (exact) mass is 407 g/mol. The van der Waals surface area contributed by atoms with E-state index in [0.717, 1.165) is 11.1 Å². The van der Waals surface area contributed by atoms with E-state index in [-0.39, 0.29) is 37.8 Å². The highest BCUT2D eigenvalue weighted by Gasteiger charge is 2.13. The number of carbonyl (C=O) groups is 2. The molecule has 2 aromatic rings. The third kappa shape index (κ3) is 7.77. The van der Waals surface area contributed by atoms with Crippen LogP contribution < -0.4 is 9.47 Å². The number of esters is 1. The Morgan fingerprint density at radius 2 is 1.76 bits per heavy atom. The minimum absolute atomic E-state index is 0.0247. The highest BCUT2D eigenvalue weighted by molar-refractivity contribution is 5.80. The van der Waals surface area contributed by atoms with Crippen LogP contribution in [-0.2, 0) is 20.9 Å². The molecule has 0 saturated heterocycles. The molecule has 2 aromatic carbocycles. The fourth-order valence-corrected chi connectivity index (χ4v) is 2.43. The number of likely N-dealkylation sites (N-methyl/N-ethyl adjacent to an activating group) is 1. The van der Waals surface area contributed by atoms with Crippen molar-refractivity contribution in [3.63, 3.8) is 0 Å². The molecular weight excluding hydrogens is 384 g/mol. The van der Waals surface area contributed by atoms with Gasteiger partial charge in [-0.2, -0.15) is 8.78 Å². The topological polar surface area (TPSA) is 65.1 Å². The number of ether oxygens (including phenoxy) is 3. The number of hydrogen-bond acceptors (Lipinski definition) is 5. The van der Waals surface area contributed by atoms with Crippen LogP contribution in [0, 0.1) is 6.92 Å². The van der Waals surface area contributed by atoms with Crippen molar-refractivity contribution in [2.75, 3.05) is 20.3 Å². The van der Waals surface area contributed by atoms with Gasteiger partial charge in [0.2, 0.25) is 0 Å². The van der Waals surface area contributed by atoms with Gasteiger partial charge in [0.1, 0.15) is 11.5 Å². The molecule has 0 fully saturated rings. The van der Waals surface area contributed by atoms with E-state index in [1.54, 1.807) is 19.2 Å². The van der Waals surface area contributed by atoms with Gasteiger partial charge < -0.3 is 19.1 Å². The standard InChI is InChI=1S/C21H23F2NO5/c1-15-5-3-4-6-18(15)27-12-11-20(26)28-14-19(25)24(2)13-16-7-9-17(10-8-16)29-21(22)23/h3-10,21H,11-14H2,1-2H3. The molecule has 0 N–H and O–H groups in total. The molecule has 0 aromatic heterocycles. The van der Waals surface area contributed by atoms with E-state index < -0.39 is 12.6 Å². The number of amides is 1. The zero-order valence-electron chi connectivity index (χ0n) is 16.3. The highest BCUT2D eigenvalue weighted by Crippen LogP contribution is 2.17. The van der Waals surface area contributed by atoms with Gasteiger partial charge in [-0.1, -0.05) is 30.3 Å². The Morgan fingerprint density at radius 3 is 2.41 bits per heavy atom. The molecule has 0 unspecified atom stereocenters. The van der Waals surface area contributed by atoms with Crippen molar-refractivity contribution in [1.82, 2.24) is 4.90 Å². The summed E-state index contributed by atoms with van der Waals surface area (Å²) in [4.78, 5) is 25.3. The SMILES string of the molecule is Cc1ccccc1OCCC(=O)OCC(=O)N(C)Cc1ccc(OC(F)F)cc1. The summed E-state index contributed by atoms with van der Waals surface area (Å²) in [5.41, 5.74) is 1.69. The summed E-state index contributed by atoms with van der Waals surface area (Å²) in [5.74, 6) is -0.180. The van der Waals surface area contributed by atoms with Crippen LogP contribution in [0.25, 0.3) is 0 Å². The molecule has 1 amide bonds. The molecule has 8 heteroatoms. The number of para-hydroxylation sites is 1. The summed E-state index contributed by atoms with van der Waals surface area (Å²) in [6.07, 6.45) is 0.0247. The van der Waals surface area contributed by atoms with E-state index in [4.69, 9.17) is 9.47 Å². The lowest BCUT2D eigenvalue weighted by Gasteiger charge is -2.17. The van der Waals surface area contributed by atoms with Gasteiger partial charge in [-0.15, -0.1) is 0 Å². The lowest BCUT2D eigenvalue weighted by atomic mass is 10.2. The van der Waals surface area contributed by atoms with Crippen LogP contribution >= 0.6 is 0 Å². The Morgan fingerprint density at radius 1 is 1.07 bits per heavy atom. The largest absolute Gasteiger partial charge is 0.493 e. The predicted molar refractivity (Wildman–Crippen MR) is 102 cm³/mol. The fourth-order valence-electron chi connectivity index (χ4n) is 2.43. The molecule has 29 heavy (non-hydrogen) atoms. The molecule has 0 spiro atoms. The van der Waals surface area contributed by atoms with Gasteiger partial charge >= 0.3 is 12.6 Å². The molecule has 0 saturated carbocycles. The number of halogens is 2. The first-order chi connectivity index (χ1) is 13.8. The van der Waals surface area contributed by atoms with Crippen molar-refractivity contribution in [2.45, 2.75) is 26.5 Å². The predicted octanol–water partition coefficient (Wildman–Crippen LogP) is 3.57. The van der Waals surface area contributed by atoms with Crippen molar-refractivity contribution < 1.29 is 32.6 Å². The van der Waals surface area contributed by atoms with E-state index in [1.807, 2.05) is 31.2 Å². The second-order valence-corrected chi connectivity index (χ2v) is 6.30. The Balaban J connectivity index is 1.69. The van der Waals surface area contributed by atoms with E-state index in [0.29, 0.717) is 5.75 Å². The summed E-state index contributed by atoms with van der Waals surface area (Å²) in [6.45, 7) is -0.974. The van der Waals surface area contributed by atoms with Gasteiger partial charge in [-0.05, 0) is 36.2 Å². The van der Waals surface area contributed by atoms with Crippen LogP contribution in [0.1, 0.15) is 17.5 Å². The quantitative estimate of drug-likeness (QED) is 0.564. The summed E-state index contributed by atoms with van der Waals surface area (Å²) in [6, 6.07) is 13.4. The van der Waals surface area contributed by atoms with Gasteiger partial charge in [0, 0.05) is 13.6 Å². The Kier molecular flexibility index (Phi) is 8.39. The molecule has 0 atom stereocenters. The zero-order valence-corrected chi connectivity index (χ0v) is 16.3. The van der Waals surface area contributed by atoms with Crippen LogP contribution in [0.2, 0.25) is 0 Å². The molecule has 0 aliphatic heterocycles. The number of hydrogen-bond donors (Lipinski definition) is 0. The van der Waals surface area contributed by atoms with Gasteiger partial charge in [0.05, 0.1) is 13.0 Å². The normalized spacial score (nSPS) is 10.5. The number of carbonyl (C=O) groups excluding carboxylic acids is 2. The number of benzene rings is 2. The van der Waals surface area contributed by atoms with Crippen LogP contribution in [0.5, 0.6) is 11.5 Å². The maximum atomic E-state index is 12.1. The lowest BCUT2D eigenvalue weighted by molar-refractivity contribution is -0.152. The fraction of sp³-hybridized carbons (Fsp3) is 0.333. The molecular formula is C21H23F2NO5. The van der Waals surface area contributed by atoms with Crippen LogP contribution in [0.4, 0.5) is 8.78 Å². The second-order valence-electron chi connectivity index (χ2n) is 6.30. The van der Waals surface area contributed by atoms with Gasteiger partial charge in [0.25, 0.3) is 5.91 Å². The number of alkyl halides is 2. The van der Waals surface area contributed by atoms with Gasteiger partial charge in [0.15, 0.2) is 6.61 Å². The smallest absolute Gasteiger partial charge is 0.387 e. The number of aryl methyl sites for hydroxylation is 1. The molecule has 2 rings (SSSR count). The molecule has 0 heterocycles. The summed E-state index contributed by atoms with van der Waals surface area (Å²) in [5, 5.41) is 0. The maximum absolute atomic E-state index is 12.1. The Hall–Kier alpha value is -3.16. The zero-order chi connectivity index (χ0) is 21.2. The van der Waals surface area contributed by atoms with Crippen LogP contribution in [0.3, 0.4) is 0 Å². The van der Waals surface area contributed by atoms with Crippen LogP contribution in [0.15, 0.2) is 48.5 Å². The minimum atomic E-state index is -2.89. The van der Waals surface area contributed by atoms with E-state index >= 15 is 0 Å². The first kappa shape index (κ1) is 22.1. The summed E-state index contributed by atoms with van der Waals surface area (Å²) >= 11 is 0. The van der Waals surface area contributed by atoms with Crippen molar-refractivity contribution in [3.05, 3.63) is 59.7 Å². The van der Waals surface area contributed by atoms with Gasteiger partial charge in [-0.3, -0.25) is 9.59 Å². The van der Waals surface area contributed by atoms with E-state index in [9.17, 15) is 18.4 Å². The molecule has 0 bridgehead atoms. The third-order valence-electron chi connectivity index (χ3n) is 4.01. The summed E-state index contributed by atoms with van der Waals surface area (Å²) < 4.78 is 39.1. The van der Waals surface area contributed by atoms with Crippen molar-refractivity contribution in [1.29, 1.82) is 0 Å². The molecule has 156 valence electrons. The third-order valence-corrected chi connectivity index (χ3v) is 4.01. The first-order valence-corrected chi connectivity index (χ1v) is 8.97. The van der Waals surface area contributed by atoms with Gasteiger partial charge in [-0.25, -0.2) is 0 Å². The average molecular weight is 407 g/mol. The Labute approximate surface area is 168 Å². The van der Waals surface area contributed by atoms with E-state index in [2.05, 4.69) is 4.74 Å². The van der Waals surface area contributed by atoms with Crippen LogP contribution in [-0.4, -0.2) is 43.6 Å². The molecule has 0 aliphatic carbocycles. The minimum Gasteiger partial charge on any atom is -0.493 e. The molecule has 0 aliphatic rings. The lowest BCUT2D eigenvalue weighted by Crippen LogP contribution is -2.31. The number of nitrogens with zero attached hydrogens (tertiary/aromatic N) is 1. The van der Waals surface area contributed by atoms with Crippen molar-refractivity contribution in [2.24, 2.45) is 0 Å². The number of rotatable bonds is 10. The van der Waals surface area contributed by atoms with E-state index in [1.165, 1.54) is 17.0 Å².